The zero-order valence-corrected chi connectivity index (χ0v) is 18.3. The number of benzene rings is 2. The summed E-state index contributed by atoms with van der Waals surface area (Å²) in [5.74, 6) is -0.127. The van der Waals surface area contributed by atoms with Crippen molar-refractivity contribution in [1.82, 2.24) is 14.8 Å². The molecule has 6 nitrogen and oxygen atoms in total. The normalized spacial score (nSPS) is 13.0. The Morgan fingerprint density at radius 1 is 1.21 bits per heavy atom. The summed E-state index contributed by atoms with van der Waals surface area (Å²) in [6.45, 7) is 0.627. The average molecular weight is 491 g/mol. The van der Waals surface area contributed by atoms with Crippen molar-refractivity contribution in [3.63, 3.8) is 0 Å². The second-order valence-corrected chi connectivity index (χ2v) is 8.50. The van der Waals surface area contributed by atoms with Gasteiger partial charge in [-0.05, 0) is 42.0 Å². The van der Waals surface area contributed by atoms with Gasteiger partial charge < -0.3 is 4.74 Å². The summed E-state index contributed by atoms with van der Waals surface area (Å²) in [6.07, 6.45) is -3.15. The quantitative estimate of drug-likeness (QED) is 0.389. The van der Waals surface area contributed by atoms with Gasteiger partial charge in [0.2, 0.25) is 0 Å². The van der Waals surface area contributed by atoms with E-state index < -0.39 is 23.3 Å². The number of nitrogens with one attached hydrogen (secondary N) is 1. The number of carbonyl (C=O) groups is 1. The Bertz CT molecular complexity index is 1370. The Morgan fingerprint density at radius 2 is 2.06 bits per heavy atom. The lowest BCUT2D eigenvalue weighted by molar-refractivity contribution is -0.143. The summed E-state index contributed by atoms with van der Waals surface area (Å²) < 4.78 is 47.7. The molecule has 1 N–H and O–H groups in total. The van der Waals surface area contributed by atoms with Crippen molar-refractivity contribution >= 4 is 34.0 Å². The van der Waals surface area contributed by atoms with Gasteiger partial charge in [0, 0.05) is 22.4 Å². The number of fused-ring (bicyclic) bond motifs is 1. The molecule has 33 heavy (non-hydrogen) atoms. The SMILES string of the molecule is O=C(Nc1nc(-c2ccc3c(c2)CCO3)cs1)c1cnn(-c2cccc(Cl)c2)c1C(F)(F)F. The molecule has 2 aromatic heterocycles. The van der Waals surface area contributed by atoms with Gasteiger partial charge in [0.1, 0.15) is 5.75 Å². The van der Waals surface area contributed by atoms with E-state index >= 15 is 0 Å². The number of ether oxygens (including phenoxy) is 1. The molecule has 3 heterocycles. The zero-order chi connectivity index (χ0) is 23.2. The summed E-state index contributed by atoms with van der Waals surface area (Å²) in [5, 5.41) is 8.40. The molecule has 0 saturated carbocycles. The van der Waals surface area contributed by atoms with Crippen molar-refractivity contribution in [3.8, 4) is 22.7 Å². The molecule has 0 aliphatic carbocycles. The highest BCUT2D eigenvalue weighted by atomic mass is 35.5. The number of thiazole rings is 1. The van der Waals surface area contributed by atoms with E-state index in [1.54, 1.807) is 5.38 Å². The maximum absolute atomic E-state index is 13.9. The molecule has 0 unspecified atom stereocenters. The largest absolute Gasteiger partial charge is 0.493 e. The van der Waals surface area contributed by atoms with Crippen molar-refractivity contribution in [1.29, 1.82) is 0 Å². The van der Waals surface area contributed by atoms with Gasteiger partial charge in [-0.15, -0.1) is 11.3 Å². The van der Waals surface area contributed by atoms with Crippen molar-refractivity contribution in [2.24, 2.45) is 0 Å². The maximum atomic E-state index is 13.9. The fourth-order valence-electron chi connectivity index (χ4n) is 3.57. The summed E-state index contributed by atoms with van der Waals surface area (Å²) in [4.78, 5) is 17.1. The molecular formula is C22H14ClF3N4O2S. The number of alkyl halides is 3. The summed E-state index contributed by atoms with van der Waals surface area (Å²) in [7, 11) is 0. The molecule has 0 spiro atoms. The molecule has 5 rings (SSSR count). The molecule has 1 amide bonds. The fourth-order valence-corrected chi connectivity index (χ4v) is 4.46. The van der Waals surface area contributed by atoms with Gasteiger partial charge in [-0.1, -0.05) is 17.7 Å². The first-order valence-corrected chi connectivity index (χ1v) is 11.0. The number of aromatic nitrogens is 3. The maximum Gasteiger partial charge on any atom is 0.434 e. The van der Waals surface area contributed by atoms with Crippen LogP contribution in [-0.2, 0) is 12.6 Å². The van der Waals surface area contributed by atoms with Gasteiger partial charge in [-0.3, -0.25) is 10.1 Å². The van der Waals surface area contributed by atoms with Crippen LogP contribution in [0, 0.1) is 0 Å². The number of hydrogen-bond donors (Lipinski definition) is 1. The number of hydrogen-bond acceptors (Lipinski definition) is 5. The monoisotopic (exact) mass is 490 g/mol. The number of rotatable bonds is 4. The highest BCUT2D eigenvalue weighted by Crippen LogP contribution is 2.35. The van der Waals surface area contributed by atoms with Crippen LogP contribution >= 0.6 is 22.9 Å². The third-order valence-electron chi connectivity index (χ3n) is 5.04. The second kappa shape index (κ2) is 8.20. The summed E-state index contributed by atoms with van der Waals surface area (Å²) in [5.41, 5.74) is 0.781. The van der Waals surface area contributed by atoms with Crippen LogP contribution in [0.2, 0.25) is 5.02 Å². The van der Waals surface area contributed by atoms with E-state index in [-0.39, 0.29) is 15.8 Å². The average Bonchev–Trinajstić information content (AvgIpc) is 3.51. The topological polar surface area (TPSA) is 69.0 Å². The second-order valence-electron chi connectivity index (χ2n) is 7.21. The Labute approximate surface area is 194 Å². The third-order valence-corrected chi connectivity index (χ3v) is 6.04. The van der Waals surface area contributed by atoms with E-state index in [1.165, 1.54) is 24.3 Å². The molecule has 0 fully saturated rings. The van der Waals surface area contributed by atoms with E-state index in [0.29, 0.717) is 17.0 Å². The van der Waals surface area contributed by atoms with E-state index in [9.17, 15) is 18.0 Å². The van der Waals surface area contributed by atoms with Gasteiger partial charge in [-0.25, -0.2) is 9.67 Å². The molecule has 0 saturated heterocycles. The van der Waals surface area contributed by atoms with Crippen molar-refractivity contribution in [2.75, 3.05) is 11.9 Å². The van der Waals surface area contributed by atoms with Crippen LogP contribution in [0.5, 0.6) is 5.75 Å². The third kappa shape index (κ3) is 4.19. The van der Waals surface area contributed by atoms with Crippen LogP contribution in [0.15, 0.2) is 54.0 Å². The Kier molecular flexibility index (Phi) is 5.34. The summed E-state index contributed by atoms with van der Waals surface area (Å²) >= 11 is 7.03. The van der Waals surface area contributed by atoms with Crippen LogP contribution in [0.1, 0.15) is 21.6 Å². The van der Waals surface area contributed by atoms with E-state index in [4.69, 9.17) is 16.3 Å². The highest BCUT2D eigenvalue weighted by Gasteiger charge is 2.40. The zero-order valence-electron chi connectivity index (χ0n) is 16.7. The molecule has 4 aromatic rings. The number of amides is 1. The smallest absolute Gasteiger partial charge is 0.434 e. The van der Waals surface area contributed by atoms with Crippen LogP contribution in [0.3, 0.4) is 0 Å². The number of nitrogens with zero attached hydrogens (tertiary/aromatic N) is 3. The Balaban J connectivity index is 1.43. The molecular weight excluding hydrogens is 477 g/mol. The Hall–Kier alpha value is -3.37. The first kappa shape index (κ1) is 21.5. The minimum atomic E-state index is -4.83. The van der Waals surface area contributed by atoms with E-state index in [1.807, 2.05) is 18.2 Å². The summed E-state index contributed by atoms with van der Waals surface area (Å²) in [6, 6.07) is 11.5. The van der Waals surface area contributed by atoms with Crippen LogP contribution in [0.4, 0.5) is 18.3 Å². The molecule has 1 aliphatic heterocycles. The minimum absolute atomic E-state index is 0.0889. The Morgan fingerprint density at radius 3 is 2.85 bits per heavy atom. The van der Waals surface area contributed by atoms with Gasteiger partial charge >= 0.3 is 6.18 Å². The first-order valence-electron chi connectivity index (χ1n) is 9.74. The van der Waals surface area contributed by atoms with Crippen molar-refractivity contribution < 1.29 is 22.7 Å². The van der Waals surface area contributed by atoms with Crippen molar-refractivity contribution in [3.05, 3.63) is 75.9 Å². The molecule has 1 aliphatic rings. The van der Waals surface area contributed by atoms with Crippen LogP contribution in [0.25, 0.3) is 16.9 Å². The lowest BCUT2D eigenvalue weighted by atomic mass is 10.1. The number of carbonyl (C=O) groups excluding carboxylic acids is 1. The van der Waals surface area contributed by atoms with Gasteiger partial charge in [0.15, 0.2) is 10.8 Å². The highest BCUT2D eigenvalue weighted by molar-refractivity contribution is 7.14. The first-order chi connectivity index (χ1) is 15.8. The molecule has 11 heteroatoms. The molecule has 168 valence electrons. The standard InChI is InChI=1S/C22H14ClF3N4O2S/c23-14-2-1-3-15(9-14)30-19(22(24,25)26)16(10-27-30)20(31)29-21-28-17(11-33-21)12-4-5-18-13(8-12)6-7-32-18/h1-5,8-11H,6-7H2,(H,28,29,31). The van der Waals surface area contributed by atoms with Gasteiger partial charge in [0.05, 0.1) is 29.7 Å². The van der Waals surface area contributed by atoms with E-state index in [2.05, 4.69) is 15.4 Å². The molecule has 0 radical (unpaired) electrons. The number of anilines is 1. The predicted molar refractivity (Wildman–Crippen MR) is 118 cm³/mol. The van der Waals surface area contributed by atoms with Crippen LogP contribution < -0.4 is 10.1 Å². The van der Waals surface area contributed by atoms with Gasteiger partial charge in [-0.2, -0.15) is 18.3 Å². The number of halogens is 4. The fraction of sp³-hybridized carbons (Fsp3) is 0.136. The molecule has 0 bridgehead atoms. The lowest BCUT2D eigenvalue weighted by Crippen LogP contribution is -2.20. The predicted octanol–water partition coefficient (Wildman–Crippen LogP) is 5.86. The van der Waals surface area contributed by atoms with Gasteiger partial charge in [0.25, 0.3) is 5.91 Å². The van der Waals surface area contributed by atoms with Crippen LogP contribution in [-0.4, -0.2) is 27.3 Å². The van der Waals surface area contributed by atoms with Crippen molar-refractivity contribution in [2.45, 2.75) is 12.6 Å². The molecule has 0 atom stereocenters. The van der Waals surface area contributed by atoms with E-state index in [0.717, 1.165) is 40.8 Å². The lowest BCUT2D eigenvalue weighted by Gasteiger charge is -2.12. The molecule has 2 aromatic carbocycles. The minimum Gasteiger partial charge on any atom is -0.493 e.